The second-order valence-electron chi connectivity index (χ2n) is 12.0. The fourth-order valence-electron chi connectivity index (χ4n) is 6.37. The third kappa shape index (κ3) is 7.49. The van der Waals surface area contributed by atoms with Crippen molar-refractivity contribution in [1.82, 2.24) is 4.90 Å². The molecule has 46 heavy (non-hydrogen) atoms. The lowest BCUT2D eigenvalue weighted by Gasteiger charge is -2.31. The van der Waals surface area contributed by atoms with E-state index in [0.717, 1.165) is 66.4 Å². The second kappa shape index (κ2) is 14.8. The minimum absolute atomic E-state index is 0.133. The van der Waals surface area contributed by atoms with E-state index in [1.807, 2.05) is 61.5 Å². The summed E-state index contributed by atoms with van der Waals surface area (Å²) in [6, 6.07) is 29.8. The van der Waals surface area contributed by atoms with Gasteiger partial charge in [0, 0.05) is 67.0 Å². The van der Waals surface area contributed by atoms with Crippen LogP contribution >= 0.6 is 0 Å². The molecule has 0 atom stereocenters. The first-order valence-corrected chi connectivity index (χ1v) is 16.2. The third-order valence-electron chi connectivity index (χ3n) is 8.92. The molecular formula is C39H42FN3O3. The lowest BCUT2D eigenvalue weighted by molar-refractivity contribution is -0.112. The number of nitrogens with zero attached hydrogens (tertiary/aromatic N) is 2. The predicted octanol–water partition coefficient (Wildman–Crippen LogP) is 7.93. The molecule has 6 rings (SSSR count). The van der Waals surface area contributed by atoms with Gasteiger partial charge in [0.2, 0.25) is 0 Å². The highest BCUT2D eigenvalue weighted by atomic mass is 19.1. The number of carbonyl (C=O) groups is 1. The molecule has 238 valence electrons. The third-order valence-corrected chi connectivity index (χ3v) is 8.92. The minimum Gasteiger partial charge on any atom is -0.493 e. The van der Waals surface area contributed by atoms with Crippen molar-refractivity contribution in [3.05, 3.63) is 119 Å². The Bertz CT molecular complexity index is 1680. The Morgan fingerprint density at radius 2 is 1.76 bits per heavy atom. The maximum absolute atomic E-state index is 14.7. The molecule has 0 unspecified atom stereocenters. The second-order valence-corrected chi connectivity index (χ2v) is 12.0. The van der Waals surface area contributed by atoms with Gasteiger partial charge in [-0.3, -0.25) is 9.69 Å². The molecule has 1 fully saturated rings. The molecule has 0 radical (unpaired) electrons. The molecule has 1 amide bonds. The van der Waals surface area contributed by atoms with Crippen molar-refractivity contribution >= 4 is 23.4 Å². The van der Waals surface area contributed by atoms with Crippen LogP contribution < -0.4 is 15.0 Å². The summed E-state index contributed by atoms with van der Waals surface area (Å²) in [7, 11) is 2.17. The fraction of sp³-hybridized carbons (Fsp3) is 0.308. The van der Waals surface area contributed by atoms with Crippen LogP contribution in [0.15, 0.2) is 96.6 Å². The number of anilines is 2. The molecule has 6 nitrogen and oxygen atoms in total. The molecule has 4 aromatic rings. The van der Waals surface area contributed by atoms with Gasteiger partial charge in [-0.25, -0.2) is 4.39 Å². The average molecular weight is 620 g/mol. The molecule has 2 aliphatic heterocycles. The Kier molecular flexibility index (Phi) is 10.1. The molecule has 0 bridgehead atoms. The Morgan fingerprint density at radius 1 is 1.00 bits per heavy atom. The summed E-state index contributed by atoms with van der Waals surface area (Å²) in [5, 5.41) is 3.12. The van der Waals surface area contributed by atoms with Gasteiger partial charge in [-0.15, -0.1) is 0 Å². The molecule has 2 heterocycles. The van der Waals surface area contributed by atoms with Crippen LogP contribution in [-0.2, 0) is 22.6 Å². The van der Waals surface area contributed by atoms with Gasteiger partial charge < -0.3 is 19.7 Å². The van der Waals surface area contributed by atoms with Crippen molar-refractivity contribution in [3.63, 3.8) is 0 Å². The highest BCUT2D eigenvalue weighted by Gasteiger charge is 2.22. The molecule has 7 heteroatoms. The molecule has 2 aliphatic rings. The Balaban J connectivity index is 1.24. The number of benzene rings is 4. The van der Waals surface area contributed by atoms with Gasteiger partial charge >= 0.3 is 0 Å². The SMILES string of the molecule is CCOc1ccccc1-c1ccc2c(c1)C=C(C(=O)Nc1ccc(CN(C)C3CCOCC3)cc1)CCN2Cc1ccccc1F. The van der Waals surface area contributed by atoms with Crippen LogP contribution in [0.2, 0.25) is 0 Å². The molecule has 0 spiro atoms. The summed E-state index contributed by atoms with van der Waals surface area (Å²) in [6.07, 6.45) is 4.62. The van der Waals surface area contributed by atoms with Crippen LogP contribution in [0.3, 0.4) is 0 Å². The standard InChI is InChI=1S/C39H42FN3O3/c1-3-46-38-11-7-5-9-35(38)29-14-17-37-32(24-29)25-30(18-21-43(37)27-31-8-4-6-10-36(31)40)39(44)41-33-15-12-28(13-16-33)26-42(2)34-19-22-45-23-20-34/h4-17,24-25,34H,3,18-23,26-27H2,1-2H3,(H,41,44). The highest BCUT2D eigenvalue weighted by Crippen LogP contribution is 2.37. The molecule has 1 saturated heterocycles. The first-order chi connectivity index (χ1) is 22.5. The number of carbonyl (C=O) groups excluding carboxylic acids is 1. The van der Waals surface area contributed by atoms with Crippen molar-refractivity contribution in [1.29, 1.82) is 0 Å². The van der Waals surface area contributed by atoms with E-state index in [2.05, 4.69) is 52.5 Å². The van der Waals surface area contributed by atoms with E-state index in [1.54, 1.807) is 6.07 Å². The minimum atomic E-state index is -0.233. The number of para-hydroxylation sites is 1. The first-order valence-electron chi connectivity index (χ1n) is 16.2. The Labute approximate surface area is 271 Å². The summed E-state index contributed by atoms with van der Waals surface area (Å²) in [6.45, 7) is 6.02. The molecule has 4 aromatic carbocycles. The van der Waals surface area contributed by atoms with Crippen LogP contribution in [0.1, 0.15) is 42.9 Å². The van der Waals surface area contributed by atoms with Crippen molar-refractivity contribution in [2.45, 2.75) is 45.3 Å². The largest absolute Gasteiger partial charge is 0.493 e. The number of fused-ring (bicyclic) bond motifs is 1. The summed E-state index contributed by atoms with van der Waals surface area (Å²) < 4.78 is 26.2. The summed E-state index contributed by atoms with van der Waals surface area (Å²) in [5.41, 5.74) is 7.11. The van der Waals surface area contributed by atoms with Crippen LogP contribution in [0.5, 0.6) is 5.75 Å². The number of hydrogen-bond donors (Lipinski definition) is 1. The van der Waals surface area contributed by atoms with E-state index in [0.29, 0.717) is 43.3 Å². The summed E-state index contributed by atoms with van der Waals surface area (Å²) in [4.78, 5) is 18.3. The zero-order chi connectivity index (χ0) is 31.9. The van der Waals surface area contributed by atoms with E-state index in [4.69, 9.17) is 9.47 Å². The van der Waals surface area contributed by atoms with Gasteiger partial charge in [0.15, 0.2) is 0 Å². The monoisotopic (exact) mass is 619 g/mol. The van der Waals surface area contributed by atoms with Crippen LogP contribution in [0, 0.1) is 5.82 Å². The van der Waals surface area contributed by atoms with Crippen molar-refractivity contribution in [3.8, 4) is 16.9 Å². The molecule has 0 aromatic heterocycles. The lowest BCUT2D eigenvalue weighted by Crippen LogP contribution is -2.36. The number of hydrogen-bond acceptors (Lipinski definition) is 5. The lowest BCUT2D eigenvalue weighted by atomic mass is 9.99. The predicted molar refractivity (Wildman–Crippen MR) is 183 cm³/mol. The van der Waals surface area contributed by atoms with Crippen LogP contribution in [0.25, 0.3) is 17.2 Å². The molecule has 0 aliphatic carbocycles. The smallest absolute Gasteiger partial charge is 0.251 e. The van der Waals surface area contributed by atoms with Gasteiger partial charge in [-0.05, 0) is 92.4 Å². The quantitative estimate of drug-likeness (QED) is 0.195. The van der Waals surface area contributed by atoms with Crippen molar-refractivity contribution in [2.75, 3.05) is 43.6 Å². The maximum Gasteiger partial charge on any atom is 0.251 e. The zero-order valence-electron chi connectivity index (χ0n) is 26.7. The van der Waals surface area contributed by atoms with Crippen molar-refractivity contribution in [2.24, 2.45) is 0 Å². The van der Waals surface area contributed by atoms with Crippen LogP contribution in [0.4, 0.5) is 15.8 Å². The topological polar surface area (TPSA) is 54.0 Å². The van der Waals surface area contributed by atoms with E-state index >= 15 is 0 Å². The highest BCUT2D eigenvalue weighted by molar-refractivity contribution is 6.07. The van der Waals surface area contributed by atoms with Gasteiger partial charge in [0.25, 0.3) is 5.91 Å². The van der Waals surface area contributed by atoms with Gasteiger partial charge in [-0.1, -0.05) is 54.6 Å². The maximum atomic E-state index is 14.7. The van der Waals surface area contributed by atoms with Crippen LogP contribution in [-0.4, -0.2) is 50.3 Å². The number of ether oxygens (including phenoxy) is 2. The molecule has 1 N–H and O–H groups in total. The summed E-state index contributed by atoms with van der Waals surface area (Å²) >= 11 is 0. The summed E-state index contributed by atoms with van der Waals surface area (Å²) in [5.74, 6) is 0.445. The van der Waals surface area contributed by atoms with E-state index < -0.39 is 0 Å². The van der Waals surface area contributed by atoms with Gasteiger partial charge in [-0.2, -0.15) is 0 Å². The molecular weight excluding hydrogens is 577 g/mol. The van der Waals surface area contributed by atoms with E-state index in [1.165, 1.54) is 11.6 Å². The normalized spacial score (nSPS) is 15.2. The molecule has 0 saturated carbocycles. The van der Waals surface area contributed by atoms with Crippen molar-refractivity contribution < 1.29 is 18.7 Å². The number of rotatable bonds is 10. The first kappa shape index (κ1) is 31.5. The zero-order valence-corrected chi connectivity index (χ0v) is 26.7. The van der Waals surface area contributed by atoms with Gasteiger partial charge in [0.05, 0.1) is 6.61 Å². The number of nitrogens with one attached hydrogen (secondary N) is 1. The fourth-order valence-corrected chi connectivity index (χ4v) is 6.37. The Hall–Kier alpha value is -4.46. The number of amides is 1. The van der Waals surface area contributed by atoms with Gasteiger partial charge in [0.1, 0.15) is 11.6 Å². The Morgan fingerprint density at radius 3 is 2.54 bits per heavy atom. The van der Waals surface area contributed by atoms with E-state index in [-0.39, 0.29) is 11.7 Å². The average Bonchev–Trinajstić information content (AvgIpc) is 3.26. The van der Waals surface area contributed by atoms with E-state index in [9.17, 15) is 9.18 Å². The number of halogens is 1.